The first-order chi connectivity index (χ1) is 9.91. The lowest BCUT2D eigenvalue weighted by molar-refractivity contribution is -0.899. The zero-order chi connectivity index (χ0) is 15.6. The summed E-state index contributed by atoms with van der Waals surface area (Å²) in [4.78, 5) is 12.4. The van der Waals surface area contributed by atoms with Crippen LogP contribution in [-0.2, 0) is 9.53 Å². The van der Waals surface area contributed by atoms with Crippen LogP contribution < -0.4 is 10.2 Å². The van der Waals surface area contributed by atoms with Crippen LogP contribution in [0.15, 0.2) is 0 Å². The third kappa shape index (κ3) is 3.30. The first-order valence-corrected chi connectivity index (χ1v) is 6.14. The van der Waals surface area contributed by atoms with Crippen molar-refractivity contribution in [1.82, 2.24) is 0 Å². The van der Waals surface area contributed by atoms with Gasteiger partial charge in [0, 0.05) is 0 Å². The fourth-order valence-corrected chi connectivity index (χ4v) is 1.96. The molecule has 1 fully saturated rings. The van der Waals surface area contributed by atoms with E-state index >= 15 is 0 Å². The van der Waals surface area contributed by atoms with E-state index in [1.54, 1.807) is 5.32 Å². The molecule has 0 bridgehead atoms. The monoisotopic (exact) mass is 311 g/mol. The van der Waals surface area contributed by atoms with E-state index in [1.165, 1.54) is 0 Å². The molecule has 0 aliphatic carbocycles. The van der Waals surface area contributed by atoms with E-state index < -0.39 is 40.7 Å². The zero-order valence-corrected chi connectivity index (χ0v) is 10.7. The first-order valence-electron chi connectivity index (χ1n) is 6.14. The van der Waals surface area contributed by atoms with E-state index in [9.17, 15) is 26.7 Å². The number of ether oxygens (including phenoxy) is 1. The molecule has 21 heavy (non-hydrogen) atoms. The highest BCUT2D eigenvalue weighted by molar-refractivity contribution is 5.91. The molecule has 2 rings (SSSR count). The third-order valence-electron chi connectivity index (χ3n) is 3.08. The van der Waals surface area contributed by atoms with Gasteiger partial charge in [0.15, 0.2) is 29.8 Å². The van der Waals surface area contributed by atoms with Gasteiger partial charge in [0.2, 0.25) is 5.82 Å². The normalized spacial score (nSPS) is 16.0. The highest BCUT2D eigenvalue weighted by atomic mass is 19.2. The number of benzene rings is 1. The van der Waals surface area contributed by atoms with Gasteiger partial charge in [-0.1, -0.05) is 0 Å². The standard InChI is InChI=1S/C12H11F5N2O2/c13-7-8(14)10(16)12(11(17)9(7)15)18-6(20)5-19-1-3-21-4-2-19/h1-5H2,(H,18,20)/p+1. The van der Waals surface area contributed by atoms with Gasteiger partial charge < -0.3 is 15.0 Å². The van der Waals surface area contributed by atoms with Crippen molar-refractivity contribution in [2.45, 2.75) is 0 Å². The molecule has 1 aromatic rings. The summed E-state index contributed by atoms with van der Waals surface area (Å²) in [5.74, 6) is -11.4. The predicted molar refractivity (Wildman–Crippen MR) is 61.2 cm³/mol. The molecule has 1 aliphatic rings. The Morgan fingerprint density at radius 3 is 1.95 bits per heavy atom. The number of amides is 1. The van der Waals surface area contributed by atoms with Crippen molar-refractivity contribution in [2.75, 3.05) is 38.2 Å². The van der Waals surface area contributed by atoms with Gasteiger partial charge in [-0.15, -0.1) is 0 Å². The van der Waals surface area contributed by atoms with Gasteiger partial charge in [0.25, 0.3) is 5.91 Å². The molecular formula is C12H12F5N2O2+. The summed E-state index contributed by atoms with van der Waals surface area (Å²) in [6.45, 7) is 1.76. The molecule has 116 valence electrons. The minimum absolute atomic E-state index is 0.150. The summed E-state index contributed by atoms with van der Waals surface area (Å²) in [5.41, 5.74) is -1.33. The van der Waals surface area contributed by atoms with Gasteiger partial charge >= 0.3 is 0 Å². The molecule has 1 aromatic carbocycles. The van der Waals surface area contributed by atoms with E-state index in [4.69, 9.17) is 4.74 Å². The van der Waals surface area contributed by atoms with Crippen LogP contribution in [0.4, 0.5) is 27.6 Å². The van der Waals surface area contributed by atoms with E-state index in [1.807, 2.05) is 0 Å². The maximum atomic E-state index is 13.4. The molecule has 1 heterocycles. The van der Waals surface area contributed by atoms with Gasteiger partial charge in [0.05, 0.1) is 13.2 Å². The molecule has 0 saturated carbocycles. The molecule has 0 atom stereocenters. The molecule has 2 N–H and O–H groups in total. The maximum absolute atomic E-state index is 13.4. The number of carbonyl (C=O) groups excluding carboxylic acids is 1. The van der Waals surface area contributed by atoms with Crippen LogP contribution in [0.1, 0.15) is 0 Å². The topological polar surface area (TPSA) is 42.8 Å². The smallest absolute Gasteiger partial charge is 0.279 e. The number of hydrogen-bond donors (Lipinski definition) is 2. The zero-order valence-electron chi connectivity index (χ0n) is 10.7. The fraction of sp³-hybridized carbons (Fsp3) is 0.417. The number of morpholine rings is 1. The van der Waals surface area contributed by atoms with Crippen molar-refractivity contribution < 1.29 is 36.4 Å². The summed E-state index contributed by atoms with van der Waals surface area (Å²) in [6, 6.07) is 0. The molecule has 9 heteroatoms. The van der Waals surface area contributed by atoms with E-state index in [0.29, 0.717) is 26.3 Å². The number of hydrogen-bond acceptors (Lipinski definition) is 2. The second kappa shape index (κ2) is 6.35. The predicted octanol–water partition coefficient (Wildman–Crippen LogP) is 0.236. The Morgan fingerprint density at radius 2 is 1.43 bits per heavy atom. The summed E-state index contributed by atoms with van der Waals surface area (Å²) in [5, 5.41) is 1.74. The average Bonchev–Trinajstić information content (AvgIpc) is 2.48. The summed E-state index contributed by atoms with van der Waals surface area (Å²) < 4.78 is 70.6. The van der Waals surface area contributed by atoms with Gasteiger partial charge in [0.1, 0.15) is 18.8 Å². The molecule has 0 unspecified atom stereocenters. The Labute approximate surface area is 116 Å². The second-order valence-electron chi connectivity index (χ2n) is 4.53. The van der Waals surface area contributed by atoms with Crippen molar-refractivity contribution >= 4 is 11.6 Å². The minimum Gasteiger partial charge on any atom is -0.370 e. The number of halogens is 5. The number of rotatable bonds is 3. The van der Waals surface area contributed by atoms with Crippen molar-refractivity contribution in [3.63, 3.8) is 0 Å². The summed E-state index contributed by atoms with van der Waals surface area (Å²) in [6.07, 6.45) is 0. The van der Waals surface area contributed by atoms with Gasteiger partial charge in [-0.2, -0.15) is 0 Å². The second-order valence-corrected chi connectivity index (χ2v) is 4.53. The molecular weight excluding hydrogens is 299 g/mol. The van der Waals surface area contributed by atoms with Crippen LogP contribution in [0, 0.1) is 29.1 Å². The Kier molecular flexibility index (Phi) is 4.73. The quantitative estimate of drug-likeness (QED) is 0.477. The molecule has 0 aromatic heterocycles. The number of nitrogens with one attached hydrogen (secondary N) is 2. The lowest BCUT2D eigenvalue weighted by atomic mass is 10.2. The minimum atomic E-state index is -2.26. The van der Waals surface area contributed by atoms with E-state index in [0.717, 1.165) is 4.90 Å². The van der Waals surface area contributed by atoms with Crippen LogP contribution in [0.3, 0.4) is 0 Å². The highest BCUT2D eigenvalue weighted by Gasteiger charge is 2.27. The van der Waals surface area contributed by atoms with Crippen LogP contribution in [0.5, 0.6) is 0 Å². The first kappa shape index (κ1) is 15.6. The molecule has 0 spiro atoms. The van der Waals surface area contributed by atoms with Crippen LogP contribution in [0.2, 0.25) is 0 Å². The summed E-state index contributed by atoms with van der Waals surface area (Å²) >= 11 is 0. The van der Waals surface area contributed by atoms with Gasteiger partial charge in [-0.05, 0) is 0 Å². The highest BCUT2D eigenvalue weighted by Crippen LogP contribution is 2.26. The van der Waals surface area contributed by atoms with Crippen molar-refractivity contribution in [3.05, 3.63) is 29.1 Å². The SMILES string of the molecule is O=C(C[NH+]1CCOCC1)Nc1c(F)c(F)c(F)c(F)c1F. The van der Waals surface area contributed by atoms with Crippen LogP contribution in [0.25, 0.3) is 0 Å². The van der Waals surface area contributed by atoms with E-state index in [-0.39, 0.29) is 6.54 Å². The van der Waals surface area contributed by atoms with Gasteiger partial charge in [-0.25, -0.2) is 22.0 Å². The molecule has 1 amide bonds. The molecule has 0 radical (unpaired) electrons. The number of quaternary nitrogens is 1. The van der Waals surface area contributed by atoms with Crippen LogP contribution in [-0.4, -0.2) is 38.8 Å². The van der Waals surface area contributed by atoms with Crippen LogP contribution >= 0.6 is 0 Å². The average molecular weight is 311 g/mol. The Balaban J connectivity index is 2.13. The van der Waals surface area contributed by atoms with Gasteiger partial charge in [-0.3, -0.25) is 4.79 Å². The largest absolute Gasteiger partial charge is 0.370 e. The lowest BCUT2D eigenvalue weighted by Gasteiger charge is -2.23. The maximum Gasteiger partial charge on any atom is 0.279 e. The van der Waals surface area contributed by atoms with E-state index in [2.05, 4.69) is 0 Å². The number of carbonyl (C=O) groups is 1. The molecule has 1 saturated heterocycles. The molecule has 1 aliphatic heterocycles. The van der Waals surface area contributed by atoms with Crippen molar-refractivity contribution in [3.8, 4) is 0 Å². The Bertz CT molecular complexity index is 532. The Morgan fingerprint density at radius 1 is 0.952 bits per heavy atom. The third-order valence-corrected chi connectivity index (χ3v) is 3.08. The lowest BCUT2D eigenvalue weighted by Crippen LogP contribution is -3.15. The summed E-state index contributed by atoms with van der Waals surface area (Å²) in [7, 11) is 0. The van der Waals surface area contributed by atoms with Crippen molar-refractivity contribution in [2.24, 2.45) is 0 Å². The van der Waals surface area contributed by atoms with Crippen molar-refractivity contribution in [1.29, 1.82) is 0 Å². The Hall–Kier alpha value is -1.74. The number of anilines is 1. The fourth-order valence-electron chi connectivity index (χ4n) is 1.96. The molecule has 4 nitrogen and oxygen atoms in total.